The lowest BCUT2D eigenvalue weighted by atomic mass is 9.85. The molecule has 10 aromatic rings. The maximum absolute atomic E-state index is 2.35. The molecule has 268 valence electrons. The Morgan fingerprint density at radius 3 is 1.07 bits per heavy atom. The summed E-state index contributed by atoms with van der Waals surface area (Å²) in [5.74, 6) is 0. The van der Waals surface area contributed by atoms with Crippen molar-refractivity contribution in [1.29, 1.82) is 0 Å². The maximum atomic E-state index is 2.35. The third-order valence-corrected chi connectivity index (χ3v) is 11.1. The monoisotopic (exact) mass is 725 g/mol. The van der Waals surface area contributed by atoms with Crippen molar-refractivity contribution in [2.75, 3.05) is 4.90 Å². The minimum atomic E-state index is 1.10. The van der Waals surface area contributed by atoms with Gasteiger partial charge in [-0.15, -0.1) is 0 Å². The largest absolute Gasteiger partial charge is 0.311 e. The van der Waals surface area contributed by atoms with E-state index in [1.807, 2.05) is 0 Å². The van der Waals surface area contributed by atoms with Crippen LogP contribution in [-0.4, -0.2) is 0 Å². The van der Waals surface area contributed by atoms with Crippen LogP contribution in [0.4, 0.5) is 17.1 Å². The van der Waals surface area contributed by atoms with E-state index in [9.17, 15) is 0 Å². The second-order valence-electron chi connectivity index (χ2n) is 14.5. The highest BCUT2D eigenvalue weighted by molar-refractivity contribution is 6.21. The normalized spacial score (nSPS) is 11.2. The molecule has 0 saturated carbocycles. The van der Waals surface area contributed by atoms with Crippen LogP contribution in [0, 0.1) is 0 Å². The van der Waals surface area contributed by atoms with E-state index >= 15 is 0 Å². The molecule has 0 unspecified atom stereocenters. The fourth-order valence-corrected chi connectivity index (χ4v) is 8.40. The van der Waals surface area contributed by atoms with E-state index in [1.165, 1.54) is 77.2 Å². The number of hydrogen-bond donors (Lipinski definition) is 0. The molecule has 1 nitrogen and oxygen atoms in total. The van der Waals surface area contributed by atoms with E-state index < -0.39 is 0 Å². The molecular weight excluding hydrogens is 687 g/mol. The Labute approximate surface area is 334 Å². The molecule has 0 heterocycles. The first kappa shape index (κ1) is 34.0. The topological polar surface area (TPSA) is 3.24 Å². The molecule has 0 fully saturated rings. The zero-order valence-corrected chi connectivity index (χ0v) is 31.5. The highest BCUT2D eigenvalue weighted by Crippen LogP contribution is 2.45. The van der Waals surface area contributed by atoms with Crippen molar-refractivity contribution in [3.8, 4) is 55.6 Å². The van der Waals surface area contributed by atoms with Gasteiger partial charge in [-0.05, 0) is 120 Å². The van der Waals surface area contributed by atoms with Crippen molar-refractivity contribution in [2.24, 2.45) is 0 Å². The van der Waals surface area contributed by atoms with Crippen LogP contribution in [0.2, 0.25) is 0 Å². The molecule has 0 saturated heterocycles. The minimum absolute atomic E-state index is 1.10. The third kappa shape index (κ3) is 6.46. The molecule has 10 aromatic carbocycles. The minimum Gasteiger partial charge on any atom is -0.311 e. The lowest BCUT2D eigenvalue weighted by molar-refractivity contribution is 1.28. The van der Waals surface area contributed by atoms with Crippen molar-refractivity contribution in [3.05, 3.63) is 237 Å². The Balaban J connectivity index is 1.06. The van der Waals surface area contributed by atoms with Crippen molar-refractivity contribution in [2.45, 2.75) is 0 Å². The molecule has 0 aliphatic carbocycles. The van der Waals surface area contributed by atoms with Gasteiger partial charge in [0.05, 0.1) is 0 Å². The third-order valence-electron chi connectivity index (χ3n) is 11.1. The summed E-state index contributed by atoms with van der Waals surface area (Å²) in [6.45, 7) is 0. The maximum Gasteiger partial charge on any atom is 0.0462 e. The Morgan fingerprint density at radius 1 is 0.211 bits per heavy atom. The fraction of sp³-hybridized carbons (Fsp3) is 0. The van der Waals surface area contributed by atoms with Crippen LogP contribution in [0.15, 0.2) is 237 Å². The van der Waals surface area contributed by atoms with Crippen molar-refractivity contribution < 1.29 is 0 Å². The molecule has 0 N–H and O–H groups in total. The van der Waals surface area contributed by atoms with Crippen LogP contribution in [-0.2, 0) is 0 Å². The predicted molar refractivity (Wildman–Crippen MR) is 243 cm³/mol. The van der Waals surface area contributed by atoms with Crippen LogP contribution in [0.1, 0.15) is 0 Å². The van der Waals surface area contributed by atoms with Gasteiger partial charge >= 0.3 is 0 Å². The Morgan fingerprint density at radius 2 is 0.561 bits per heavy atom. The molecule has 1 heteroatoms. The molecule has 0 aromatic heterocycles. The molecule has 0 spiro atoms. The number of para-hydroxylation sites is 1. The van der Waals surface area contributed by atoms with Gasteiger partial charge in [0.25, 0.3) is 0 Å². The first-order valence-corrected chi connectivity index (χ1v) is 19.6. The molecule has 57 heavy (non-hydrogen) atoms. The predicted octanol–water partition coefficient (Wildman–Crippen LogP) is 15.8. The first-order valence-electron chi connectivity index (χ1n) is 19.6. The zero-order chi connectivity index (χ0) is 38.0. The summed E-state index contributed by atoms with van der Waals surface area (Å²) in [7, 11) is 0. The fourth-order valence-electron chi connectivity index (χ4n) is 8.40. The number of fused-ring (bicyclic) bond motifs is 3. The number of benzene rings is 10. The van der Waals surface area contributed by atoms with Gasteiger partial charge in [0, 0.05) is 17.1 Å². The molecule has 0 bridgehead atoms. The molecule has 0 atom stereocenters. The SMILES string of the molecule is c1ccc(-c2ccc(-c3ccc(N(c4ccccc4)c4ccc(-c5c(-c6ccccc6)c6ccccc6c6ccccc56)cc4)cc3)cc2-c2ccccc2)cc1. The van der Waals surface area contributed by atoms with E-state index in [-0.39, 0.29) is 0 Å². The second-order valence-corrected chi connectivity index (χ2v) is 14.5. The van der Waals surface area contributed by atoms with Crippen LogP contribution in [0.3, 0.4) is 0 Å². The summed E-state index contributed by atoms with van der Waals surface area (Å²) >= 11 is 0. The summed E-state index contributed by atoms with van der Waals surface area (Å²) in [4.78, 5) is 2.35. The highest BCUT2D eigenvalue weighted by atomic mass is 15.1. The molecule has 0 amide bonds. The van der Waals surface area contributed by atoms with Crippen LogP contribution in [0.5, 0.6) is 0 Å². The summed E-state index contributed by atoms with van der Waals surface area (Å²) in [6, 6.07) is 85.4. The lowest BCUT2D eigenvalue weighted by Gasteiger charge is -2.26. The molecule has 10 rings (SSSR count). The highest BCUT2D eigenvalue weighted by Gasteiger charge is 2.19. The molecule has 0 aliphatic rings. The smallest absolute Gasteiger partial charge is 0.0462 e. The molecular formula is C56H39N. The quantitative estimate of drug-likeness (QED) is 0.141. The lowest BCUT2D eigenvalue weighted by Crippen LogP contribution is -2.09. The Bertz CT molecular complexity index is 2950. The van der Waals surface area contributed by atoms with E-state index in [4.69, 9.17) is 0 Å². The van der Waals surface area contributed by atoms with Gasteiger partial charge in [-0.1, -0.05) is 194 Å². The molecule has 0 aliphatic heterocycles. The van der Waals surface area contributed by atoms with Gasteiger partial charge in [0.15, 0.2) is 0 Å². The van der Waals surface area contributed by atoms with E-state index in [0.717, 1.165) is 17.1 Å². The van der Waals surface area contributed by atoms with Crippen LogP contribution < -0.4 is 4.90 Å². The average molecular weight is 726 g/mol. The number of rotatable bonds is 8. The second kappa shape index (κ2) is 15.0. The number of anilines is 3. The summed E-state index contributed by atoms with van der Waals surface area (Å²) in [5.41, 5.74) is 15.5. The Hall–Kier alpha value is -7.48. The van der Waals surface area contributed by atoms with Gasteiger partial charge in [-0.25, -0.2) is 0 Å². The van der Waals surface area contributed by atoms with Gasteiger partial charge in [-0.2, -0.15) is 0 Å². The van der Waals surface area contributed by atoms with Crippen molar-refractivity contribution in [1.82, 2.24) is 0 Å². The van der Waals surface area contributed by atoms with Crippen LogP contribution in [0.25, 0.3) is 77.2 Å². The van der Waals surface area contributed by atoms with E-state index in [2.05, 4.69) is 241 Å². The summed E-state index contributed by atoms with van der Waals surface area (Å²) in [6.07, 6.45) is 0. The van der Waals surface area contributed by atoms with Gasteiger partial charge < -0.3 is 4.90 Å². The molecule has 0 radical (unpaired) electrons. The van der Waals surface area contributed by atoms with E-state index in [0.29, 0.717) is 0 Å². The number of hydrogen-bond acceptors (Lipinski definition) is 1. The van der Waals surface area contributed by atoms with Gasteiger partial charge in [0.2, 0.25) is 0 Å². The van der Waals surface area contributed by atoms with Crippen molar-refractivity contribution >= 4 is 38.6 Å². The number of nitrogens with zero attached hydrogens (tertiary/aromatic N) is 1. The van der Waals surface area contributed by atoms with Gasteiger partial charge in [-0.3, -0.25) is 0 Å². The van der Waals surface area contributed by atoms with Crippen LogP contribution >= 0.6 is 0 Å². The zero-order valence-electron chi connectivity index (χ0n) is 31.5. The summed E-state index contributed by atoms with van der Waals surface area (Å²) < 4.78 is 0. The average Bonchev–Trinajstić information content (AvgIpc) is 3.30. The van der Waals surface area contributed by atoms with Gasteiger partial charge in [0.1, 0.15) is 0 Å². The van der Waals surface area contributed by atoms with Crippen molar-refractivity contribution in [3.63, 3.8) is 0 Å². The Kier molecular flexibility index (Phi) is 8.95. The first-order chi connectivity index (χ1) is 28.3. The van der Waals surface area contributed by atoms with E-state index in [1.54, 1.807) is 0 Å². The standard InChI is InChI=1S/C56H39N/c1-5-17-41(18-6-1)49-38-33-45(39-54(49)42-19-7-2-8-20-42)40-29-34-47(35-30-40)57(46-23-11-4-12-24-46)48-36-31-44(32-37-48)56-53-28-16-14-26-51(53)50-25-13-15-27-52(50)55(56)43-21-9-3-10-22-43/h1-39H. The summed E-state index contributed by atoms with van der Waals surface area (Å²) in [5, 5.41) is 5.06.